The Morgan fingerprint density at radius 1 is 1.33 bits per heavy atom. The van der Waals surface area contributed by atoms with E-state index in [1.54, 1.807) is 6.07 Å². The van der Waals surface area contributed by atoms with E-state index < -0.39 is 10.0 Å². The van der Waals surface area contributed by atoms with Crippen LogP contribution in [0.2, 0.25) is 0 Å². The number of sulfonamides is 1. The normalized spacial score (nSPS) is 22.0. The number of aryl methyl sites for hydroxylation is 1. The van der Waals surface area contributed by atoms with E-state index >= 15 is 0 Å². The first kappa shape index (κ1) is 16.6. The van der Waals surface area contributed by atoms with Crippen LogP contribution in [0.4, 0.5) is 5.69 Å². The number of rotatable bonds is 4. The third-order valence-electron chi connectivity index (χ3n) is 3.73. The maximum absolute atomic E-state index is 12.0. The van der Waals surface area contributed by atoms with Gasteiger partial charge in [0.1, 0.15) is 0 Å². The van der Waals surface area contributed by atoms with Crippen LogP contribution in [0.5, 0.6) is 0 Å². The number of thioether (sulfide) groups is 1. The van der Waals surface area contributed by atoms with Crippen molar-refractivity contribution in [2.45, 2.75) is 38.1 Å². The predicted octanol–water partition coefficient (Wildman–Crippen LogP) is 2.85. The van der Waals surface area contributed by atoms with Crippen LogP contribution in [0.25, 0.3) is 0 Å². The molecule has 1 fully saturated rings. The molecule has 0 aliphatic carbocycles. The van der Waals surface area contributed by atoms with Crippen LogP contribution in [0.1, 0.15) is 25.8 Å². The zero-order valence-corrected chi connectivity index (χ0v) is 14.7. The monoisotopic (exact) mass is 328 g/mol. The molecule has 1 atom stereocenters. The Bertz CT molecular complexity index is 612. The summed E-state index contributed by atoms with van der Waals surface area (Å²) in [4.78, 5) is 0.345. The summed E-state index contributed by atoms with van der Waals surface area (Å²) in [5.74, 6) is 2.24. The van der Waals surface area contributed by atoms with E-state index in [-0.39, 0.29) is 0 Å². The van der Waals surface area contributed by atoms with Gasteiger partial charge in [-0.25, -0.2) is 13.1 Å². The smallest absolute Gasteiger partial charge is 0.240 e. The zero-order chi connectivity index (χ0) is 15.7. The quantitative estimate of drug-likeness (QED) is 0.892. The van der Waals surface area contributed by atoms with Crippen molar-refractivity contribution in [2.75, 3.05) is 23.9 Å². The molecule has 1 aliphatic heterocycles. The van der Waals surface area contributed by atoms with Gasteiger partial charge >= 0.3 is 0 Å². The summed E-state index contributed by atoms with van der Waals surface area (Å²) >= 11 is 1.95. The highest BCUT2D eigenvalue weighted by Gasteiger charge is 2.28. The van der Waals surface area contributed by atoms with Crippen LogP contribution in [0, 0.1) is 12.3 Å². The Hall–Kier alpha value is -0.720. The van der Waals surface area contributed by atoms with Gasteiger partial charge in [0.25, 0.3) is 0 Å². The number of hydrogen-bond acceptors (Lipinski definition) is 4. The van der Waals surface area contributed by atoms with Gasteiger partial charge in [0, 0.05) is 17.5 Å². The molecule has 1 aromatic carbocycles. The standard InChI is InChI=1S/C15H24N2O2S2/c1-11-5-6-12(7-14(11)21(18,19)16-4)17-13-8-15(2,3)10-20-9-13/h5-7,13,16-17H,8-10H2,1-4H3. The zero-order valence-electron chi connectivity index (χ0n) is 13.1. The highest BCUT2D eigenvalue weighted by atomic mass is 32.2. The molecule has 4 nitrogen and oxygen atoms in total. The lowest BCUT2D eigenvalue weighted by Crippen LogP contribution is -2.35. The highest BCUT2D eigenvalue weighted by Crippen LogP contribution is 2.35. The first-order chi connectivity index (χ1) is 9.73. The van der Waals surface area contributed by atoms with Gasteiger partial charge in [0.2, 0.25) is 10.0 Å². The molecule has 0 spiro atoms. The van der Waals surface area contributed by atoms with Crippen LogP contribution >= 0.6 is 11.8 Å². The van der Waals surface area contributed by atoms with Crippen molar-refractivity contribution in [2.24, 2.45) is 5.41 Å². The summed E-state index contributed by atoms with van der Waals surface area (Å²) in [6.07, 6.45) is 1.10. The van der Waals surface area contributed by atoms with Gasteiger partial charge < -0.3 is 5.32 Å². The van der Waals surface area contributed by atoms with Crippen LogP contribution in [0.15, 0.2) is 23.1 Å². The van der Waals surface area contributed by atoms with Crippen LogP contribution in [0.3, 0.4) is 0 Å². The second-order valence-electron chi connectivity index (χ2n) is 6.41. The molecule has 118 valence electrons. The minimum atomic E-state index is -3.41. The SMILES string of the molecule is CNS(=O)(=O)c1cc(NC2CSCC(C)(C)C2)ccc1C. The molecule has 2 rings (SSSR count). The average molecular weight is 329 g/mol. The minimum absolute atomic E-state index is 0.325. The fourth-order valence-corrected chi connectivity index (χ4v) is 4.95. The Morgan fingerprint density at radius 2 is 2.05 bits per heavy atom. The second-order valence-corrected chi connectivity index (χ2v) is 9.30. The molecule has 6 heteroatoms. The van der Waals surface area contributed by atoms with Gasteiger partial charge in [-0.1, -0.05) is 19.9 Å². The maximum atomic E-state index is 12.0. The van der Waals surface area contributed by atoms with E-state index in [9.17, 15) is 8.42 Å². The summed E-state index contributed by atoms with van der Waals surface area (Å²) in [6, 6.07) is 5.92. The Kier molecular flexibility index (Phi) is 4.90. The predicted molar refractivity (Wildman–Crippen MR) is 90.6 cm³/mol. The molecule has 0 aromatic heterocycles. The molecule has 0 radical (unpaired) electrons. The summed E-state index contributed by atoms with van der Waals surface area (Å²) in [7, 11) is -1.97. The molecule has 1 unspecified atom stereocenters. The third-order valence-corrected chi connectivity index (χ3v) is 6.91. The van der Waals surface area contributed by atoms with Crippen molar-refractivity contribution in [3.05, 3.63) is 23.8 Å². The van der Waals surface area contributed by atoms with E-state index in [0.29, 0.717) is 16.4 Å². The molecule has 0 bridgehead atoms. The summed E-state index contributed by atoms with van der Waals surface area (Å²) in [6.45, 7) is 6.37. The van der Waals surface area contributed by atoms with E-state index in [0.717, 1.165) is 23.4 Å². The lowest BCUT2D eigenvalue weighted by atomic mass is 9.88. The van der Waals surface area contributed by atoms with Crippen molar-refractivity contribution in [3.63, 3.8) is 0 Å². The van der Waals surface area contributed by atoms with Crippen molar-refractivity contribution < 1.29 is 8.42 Å². The fourth-order valence-electron chi connectivity index (χ4n) is 2.68. The molecular formula is C15H24N2O2S2. The van der Waals surface area contributed by atoms with E-state index in [1.807, 2.05) is 30.8 Å². The molecule has 1 aliphatic rings. The largest absolute Gasteiger partial charge is 0.381 e. The number of nitrogens with one attached hydrogen (secondary N) is 2. The van der Waals surface area contributed by atoms with Crippen LogP contribution in [-0.2, 0) is 10.0 Å². The molecular weight excluding hydrogens is 304 g/mol. The summed E-state index contributed by atoms with van der Waals surface area (Å²) in [5, 5.41) is 3.49. The number of anilines is 1. The van der Waals surface area contributed by atoms with Crippen LogP contribution in [-0.4, -0.2) is 33.0 Å². The molecule has 2 N–H and O–H groups in total. The molecule has 1 aromatic rings. The first-order valence-corrected chi connectivity index (χ1v) is 9.76. The lowest BCUT2D eigenvalue weighted by molar-refractivity contribution is 0.358. The fraction of sp³-hybridized carbons (Fsp3) is 0.600. The maximum Gasteiger partial charge on any atom is 0.240 e. The minimum Gasteiger partial charge on any atom is -0.381 e. The van der Waals surface area contributed by atoms with E-state index in [1.165, 1.54) is 12.8 Å². The third kappa shape index (κ3) is 4.14. The molecule has 0 saturated carbocycles. The molecule has 0 amide bonds. The Morgan fingerprint density at radius 3 is 2.67 bits per heavy atom. The van der Waals surface area contributed by atoms with Crippen molar-refractivity contribution in [1.29, 1.82) is 0 Å². The van der Waals surface area contributed by atoms with Crippen molar-refractivity contribution in [1.82, 2.24) is 4.72 Å². The van der Waals surface area contributed by atoms with Crippen LogP contribution < -0.4 is 10.0 Å². The summed E-state index contributed by atoms with van der Waals surface area (Å²) < 4.78 is 26.4. The molecule has 1 saturated heterocycles. The van der Waals surface area contributed by atoms with Crippen molar-refractivity contribution in [3.8, 4) is 0 Å². The van der Waals surface area contributed by atoms with Gasteiger partial charge in [-0.2, -0.15) is 11.8 Å². The second kappa shape index (κ2) is 6.18. The number of benzene rings is 1. The topological polar surface area (TPSA) is 58.2 Å². The first-order valence-electron chi connectivity index (χ1n) is 7.12. The average Bonchev–Trinajstić information content (AvgIpc) is 2.39. The van der Waals surface area contributed by atoms with E-state index in [2.05, 4.69) is 23.9 Å². The Labute approximate surface area is 132 Å². The van der Waals surface area contributed by atoms with Crippen molar-refractivity contribution >= 4 is 27.5 Å². The Balaban J connectivity index is 2.20. The van der Waals surface area contributed by atoms with Gasteiger partial charge in [0.15, 0.2) is 0 Å². The molecule has 1 heterocycles. The summed E-state index contributed by atoms with van der Waals surface area (Å²) in [5.41, 5.74) is 1.96. The van der Waals surface area contributed by atoms with E-state index in [4.69, 9.17) is 0 Å². The highest BCUT2D eigenvalue weighted by molar-refractivity contribution is 7.99. The van der Waals surface area contributed by atoms with Gasteiger partial charge in [-0.3, -0.25) is 0 Å². The molecule has 21 heavy (non-hydrogen) atoms. The lowest BCUT2D eigenvalue weighted by Gasteiger charge is -2.35. The van der Waals surface area contributed by atoms with Gasteiger partial charge in [-0.05, 0) is 49.3 Å². The van der Waals surface area contributed by atoms with Gasteiger partial charge in [-0.15, -0.1) is 0 Å². The number of hydrogen-bond donors (Lipinski definition) is 2. The van der Waals surface area contributed by atoms with Gasteiger partial charge in [0.05, 0.1) is 4.90 Å².